The molecule has 166 valence electrons. The number of piperidine rings is 1. The lowest BCUT2D eigenvalue weighted by atomic mass is 9.95. The van der Waals surface area contributed by atoms with Crippen LogP contribution in [0.5, 0.6) is 0 Å². The molecule has 4 aromatic rings. The normalized spacial score (nSPS) is 23.6. The molecule has 3 atom stereocenters. The Bertz CT molecular complexity index is 1380. The Hall–Kier alpha value is -4.12. The summed E-state index contributed by atoms with van der Waals surface area (Å²) in [6, 6.07) is 8.87. The van der Waals surface area contributed by atoms with E-state index >= 15 is 0 Å². The van der Waals surface area contributed by atoms with E-state index < -0.39 is 5.60 Å². The quantitative estimate of drug-likeness (QED) is 0.472. The molecule has 2 aliphatic rings. The van der Waals surface area contributed by atoms with Gasteiger partial charge in [0.25, 0.3) is 5.91 Å². The highest BCUT2D eigenvalue weighted by Gasteiger charge is 2.68. The number of aryl methyl sites for hydroxylation is 1. The zero-order valence-electron chi connectivity index (χ0n) is 17.9. The van der Waals surface area contributed by atoms with Gasteiger partial charge in [-0.1, -0.05) is 11.2 Å². The Balaban J connectivity index is 1.29. The number of carbonyl (C=O) groups excluding carboxylic acids is 1. The summed E-state index contributed by atoms with van der Waals surface area (Å²) in [4.78, 5) is 27.6. The summed E-state index contributed by atoms with van der Waals surface area (Å²) in [6.07, 6.45) is 5.91. The Kier molecular flexibility index (Phi) is 4.11. The third-order valence-corrected chi connectivity index (χ3v) is 6.21. The number of anilines is 2. The fourth-order valence-electron chi connectivity index (χ4n) is 4.40. The number of fused-ring (bicyclic) bond motifs is 1. The Morgan fingerprint density at radius 2 is 1.94 bits per heavy atom. The molecule has 4 aromatic heterocycles. The van der Waals surface area contributed by atoms with Crippen LogP contribution in [-0.4, -0.2) is 58.9 Å². The van der Waals surface area contributed by atoms with Crippen molar-refractivity contribution in [1.82, 2.24) is 34.8 Å². The topological polar surface area (TPSA) is 135 Å². The van der Waals surface area contributed by atoms with E-state index in [9.17, 15) is 9.90 Å². The molecule has 11 heteroatoms. The molecule has 1 amide bonds. The molecule has 33 heavy (non-hydrogen) atoms. The second-order valence-corrected chi connectivity index (χ2v) is 8.37. The summed E-state index contributed by atoms with van der Waals surface area (Å²) in [6.45, 7) is 0. The highest BCUT2D eigenvalue weighted by Crippen LogP contribution is 2.55. The maximum Gasteiger partial charge on any atom is 0.262 e. The van der Waals surface area contributed by atoms with E-state index in [1.165, 1.54) is 0 Å². The minimum absolute atomic E-state index is 0.0599. The third-order valence-electron chi connectivity index (χ3n) is 6.21. The molecule has 6 rings (SSSR count). The number of hydrogen-bond donors (Lipinski definition) is 2. The maximum atomic E-state index is 12.6. The predicted molar refractivity (Wildman–Crippen MR) is 116 cm³/mol. The van der Waals surface area contributed by atoms with E-state index in [-0.39, 0.29) is 23.6 Å². The van der Waals surface area contributed by atoms with Gasteiger partial charge in [0.05, 0.1) is 29.0 Å². The summed E-state index contributed by atoms with van der Waals surface area (Å²) in [7, 11) is 3.53. The number of hydrogen-bond acceptors (Lipinski definition) is 9. The van der Waals surface area contributed by atoms with Crippen LogP contribution in [0.3, 0.4) is 0 Å². The maximum absolute atomic E-state index is 12.6. The van der Waals surface area contributed by atoms with E-state index in [2.05, 4.69) is 30.5 Å². The highest BCUT2D eigenvalue weighted by molar-refractivity contribution is 5.90. The number of nitrogens with one attached hydrogen (secondary N) is 1. The monoisotopic (exact) mass is 444 g/mol. The fraction of sp³-hybridized carbons (Fsp3) is 0.273. The van der Waals surface area contributed by atoms with E-state index in [0.29, 0.717) is 28.7 Å². The SMILES string of the molecule is CN1C(=O)C(O)(c2cc(-c3cccc(-c4ccnc(Nc5cnn(C)c5)n4)n3)no2)C2CC21. The van der Waals surface area contributed by atoms with Crippen molar-refractivity contribution in [3.63, 3.8) is 0 Å². The van der Waals surface area contributed by atoms with Crippen LogP contribution in [0.4, 0.5) is 11.6 Å². The largest absolute Gasteiger partial charge is 0.373 e. The van der Waals surface area contributed by atoms with Crippen molar-refractivity contribution in [3.05, 3.63) is 54.7 Å². The van der Waals surface area contributed by atoms with Gasteiger partial charge in [0.2, 0.25) is 11.5 Å². The molecule has 0 spiro atoms. The average Bonchev–Trinajstić information content (AvgIpc) is 3.20. The number of carbonyl (C=O) groups is 1. The van der Waals surface area contributed by atoms with Crippen molar-refractivity contribution in [2.45, 2.75) is 18.1 Å². The number of amides is 1. The molecular weight excluding hydrogens is 424 g/mol. The van der Waals surface area contributed by atoms with Crippen LogP contribution >= 0.6 is 0 Å². The molecule has 5 heterocycles. The van der Waals surface area contributed by atoms with E-state index in [1.54, 1.807) is 47.2 Å². The van der Waals surface area contributed by atoms with Gasteiger partial charge in [0.15, 0.2) is 5.76 Å². The number of aliphatic hydroxyl groups is 1. The molecule has 1 saturated carbocycles. The summed E-state index contributed by atoms with van der Waals surface area (Å²) in [5, 5.41) is 22.4. The molecule has 0 bridgehead atoms. The molecule has 3 unspecified atom stereocenters. The van der Waals surface area contributed by atoms with E-state index in [1.807, 2.05) is 25.4 Å². The highest BCUT2D eigenvalue weighted by atomic mass is 16.5. The van der Waals surface area contributed by atoms with Gasteiger partial charge in [-0.2, -0.15) is 5.10 Å². The van der Waals surface area contributed by atoms with Crippen molar-refractivity contribution in [1.29, 1.82) is 0 Å². The second kappa shape index (κ2) is 6.94. The van der Waals surface area contributed by atoms with Crippen LogP contribution in [0.15, 0.2) is 53.4 Å². The first-order valence-corrected chi connectivity index (χ1v) is 10.5. The third kappa shape index (κ3) is 3.08. The summed E-state index contributed by atoms with van der Waals surface area (Å²) in [5.74, 6) is 0.0442. The molecule has 1 saturated heterocycles. The molecule has 11 nitrogen and oxygen atoms in total. The Labute approximate surface area is 188 Å². The lowest BCUT2D eigenvalue weighted by Gasteiger charge is -2.21. The molecule has 2 N–H and O–H groups in total. The van der Waals surface area contributed by atoms with Crippen LogP contribution < -0.4 is 5.32 Å². The summed E-state index contributed by atoms with van der Waals surface area (Å²) < 4.78 is 7.10. The van der Waals surface area contributed by atoms with E-state index in [0.717, 1.165) is 12.1 Å². The predicted octanol–water partition coefficient (Wildman–Crippen LogP) is 1.72. The first kappa shape index (κ1) is 19.6. The summed E-state index contributed by atoms with van der Waals surface area (Å²) >= 11 is 0. The fourth-order valence-corrected chi connectivity index (χ4v) is 4.40. The number of rotatable bonds is 5. The zero-order valence-corrected chi connectivity index (χ0v) is 17.9. The van der Waals surface area contributed by atoms with Crippen LogP contribution in [0.2, 0.25) is 0 Å². The van der Waals surface area contributed by atoms with Gasteiger partial charge in [0, 0.05) is 44.5 Å². The first-order valence-electron chi connectivity index (χ1n) is 10.5. The minimum Gasteiger partial charge on any atom is -0.373 e. The van der Waals surface area contributed by atoms with Gasteiger partial charge in [-0.25, -0.2) is 15.0 Å². The summed E-state index contributed by atoms with van der Waals surface area (Å²) in [5.41, 5.74) is 1.32. The van der Waals surface area contributed by atoms with Gasteiger partial charge in [-0.3, -0.25) is 9.48 Å². The number of pyridine rings is 1. The zero-order chi connectivity index (χ0) is 22.7. The van der Waals surface area contributed by atoms with Crippen LogP contribution in [0, 0.1) is 5.92 Å². The van der Waals surface area contributed by atoms with Gasteiger partial charge >= 0.3 is 0 Å². The number of aromatic nitrogens is 6. The van der Waals surface area contributed by atoms with Crippen LogP contribution in [0.1, 0.15) is 12.2 Å². The average molecular weight is 444 g/mol. The van der Waals surface area contributed by atoms with Crippen molar-refractivity contribution in [2.75, 3.05) is 12.4 Å². The number of likely N-dealkylation sites (tertiary alicyclic amines) is 1. The van der Waals surface area contributed by atoms with Gasteiger partial charge < -0.3 is 19.8 Å². The molecule has 1 aliphatic carbocycles. The van der Waals surface area contributed by atoms with Crippen molar-refractivity contribution < 1.29 is 14.4 Å². The van der Waals surface area contributed by atoms with Gasteiger partial charge in [0.1, 0.15) is 5.69 Å². The molecule has 0 aromatic carbocycles. The van der Waals surface area contributed by atoms with Gasteiger partial charge in [-0.15, -0.1) is 0 Å². The smallest absolute Gasteiger partial charge is 0.262 e. The first-order chi connectivity index (χ1) is 15.9. The molecule has 0 radical (unpaired) electrons. The van der Waals surface area contributed by atoms with Crippen molar-refractivity contribution >= 4 is 17.5 Å². The number of nitrogens with zero attached hydrogens (tertiary/aromatic N) is 7. The molecular formula is C22H20N8O3. The standard InChI is InChI=1S/C22H20N8O3/c1-29-11-12(10-24-29)25-21-23-7-6-16(27-21)14-4-3-5-15(26-14)17-9-19(33-28-17)22(32)13-8-18(13)30(2)20(22)31/h3-7,9-11,13,18,32H,8H2,1-2H3,(H,23,25,27). The van der Waals surface area contributed by atoms with Crippen molar-refractivity contribution in [3.8, 4) is 22.8 Å². The molecule has 2 fully saturated rings. The van der Waals surface area contributed by atoms with Crippen LogP contribution in [-0.2, 0) is 17.4 Å². The Morgan fingerprint density at radius 1 is 1.15 bits per heavy atom. The Morgan fingerprint density at radius 3 is 2.67 bits per heavy atom. The van der Waals surface area contributed by atoms with E-state index in [4.69, 9.17) is 4.52 Å². The van der Waals surface area contributed by atoms with Crippen molar-refractivity contribution in [2.24, 2.45) is 13.0 Å². The number of likely N-dealkylation sites (N-methyl/N-ethyl adjacent to an activating group) is 1. The lowest BCUT2D eigenvalue weighted by molar-refractivity contribution is -0.149. The second-order valence-electron chi connectivity index (χ2n) is 8.37. The minimum atomic E-state index is -1.66. The van der Waals surface area contributed by atoms with Crippen LogP contribution in [0.25, 0.3) is 22.8 Å². The molecule has 1 aliphatic heterocycles. The van der Waals surface area contributed by atoms with Gasteiger partial charge in [-0.05, 0) is 24.6 Å². The lowest BCUT2D eigenvalue weighted by Crippen LogP contribution is -2.40.